The van der Waals surface area contributed by atoms with Crippen LogP contribution in [0.5, 0.6) is 5.75 Å². The lowest BCUT2D eigenvalue weighted by molar-refractivity contribution is -0.114. The Hall–Kier alpha value is -4.44. The summed E-state index contributed by atoms with van der Waals surface area (Å²) in [5.74, 6) is 0.590. The largest absolute Gasteiger partial charge is 0.497 e. The first-order chi connectivity index (χ1) is 16.0. The van der Waals surface area contributed by atoms with Gasteiger partial charge in [-0.05, 0) is 54.4 Å². The number of nitriles is 1. The summed E-state index contributed by atoms with van der Waals surface area (Å²) in [7, 11) is 1.63. The highest BCUT2D eigenvalue weighted by Gasteiger charge is 2.17. The van der Waals surface area contributed by atoms with Crippen LogP contribution in [0.25, 0.3) is 33.6 Å². The zero-order valence-electron chi connectivity index (χ0n) is 18.7. The molecule has 0 aliphatic rings. The Labute approximate surface area is 192 Å². The fourth-order valence-electron chi connectivity index (χ4n) is 3.84. The number of nitrogens with one attached hydrogen (secondary N) is 1. The van der Waals surface area contributed by atoms with Crippen molar-refractivity contribution in [1.29, 1.82) is 5.26 Å². The minimum absolute atomic E-state index is 0.120. The van der Waals surface area contributed by atoms with Gasteiger partial charge in [0.05, 0.1) is 36.5 Å². The molecule has 0 spiro atoms. The van der Waals surface area contributed by atoms with Crippen molar-refractivity contribution in [2.45, 2.75) is 20.4 Å². The van der Waals surface area contributed by atoms with Crippen molar-refractivity contribution >= 4 is 11.6 Å². The van der Waals surface area contributed by atoms with Crippen LogP contribution in [0.1, 0.15) is 12.5 Å². The van der Waals surface area contributed by atoms with E-state index in [1.807, 2.05) is 61.5 Å². The molecule has 0 fully saturated rings. The molecule has 0 radical (unpaired) electrons. The van der Waals surface area contributed by atoms with Crippen molar-refractivity contribution in [3.05, 3.63) is 72.6 Å². The van der Waals surface area contributed by atoms with E-state index in [1.165, 1.54) is 6.92 Å². The van der Waals surface area contributed by atoms with Crippen molar-refractivity contribution in [2.24, 2.45) is 0 Å². The lowest BCUT2D eigenvalue weighted by Crippen LogP contribution is -2.07. The first-order valence-corrected chi connectivity index (χ1v) is 10.4. The lowest BCUT2D eigenvalue weighted by Gasteiger charge is -2.13. The maximum Gasteiger partial charge on any atom is 0.221 e. The van der Waals surface area contributed by atoms with Crippen LogP contribution in [0.15, 0.2) is 67.0 Å². The third-order valence-electron chi connectivity index (χ3n) is 5.20. The van der Waals surface area contributed by atoms with Gasteiger partial charge in [-0.1, -0.05) is 18.2 Å². The summed E-state index contributed by atoms with van der Waals surface area (Å²) in [6, 6.07) is 19.5. The topological polar surface area (TPSA) is 92.8 Å². The van der Waals surface area contributed by atoms with E-state index in [0.29, 0.717) is 5.69 Å². The molecule has 33 heavy (non-hydrogen) atoms. The molecule has 0 atom stereocenters. The minimum atomic E-state index is -0.146. The van der Waals surface area contributed by atoms with Gasteiger partial charge in [0, 0.05) is 29.8 Å². The summed E-state index contributed by atoms with van der Waals surface area (Å²) in [4.78, 5) is 16.2. The molecule has 4 rings (SSSR count). The Bertz CT molecular complexity index is 1370. The SMILES string of the molecule is COc1cc(C)cc(-c2c(-c3ccnc(-c4ccccc4NC(C)=O)c3)cnn2CC#N)c1. The first kappa shape index (κ1) is 21.8. The number of pyridine rings is 1. The number of ether oxygens (including phenoxy) is 1. The van der Waals surface area contributed by atoms with E-state index in [0.717, 1.165) is 45.0 Å². The number of carbonyl (C=O) groups is 1. The molecule has 1 amide bonds. The van der Waals surface area contributed by atoms with Gasteiger partial charge in [0.2, 0.25) is 5.91 Å². The highest BCUT2D eigenvalue weighted by Crippen LogP contribution is 2.36. The monoisotopic (exact) mass is 437 g/mol. The van der Waals surface area contributed by atoms with E-state index in [9.17, 15) is 10.1 Å². The number of aromatic nitrogens is 3. The molecule has 164 valence electrons. The van der Waals surface area contributed by atoms with Crippen LogP contribution < -0.4 is 10.1 Å². The van der Waals surface area contributed by atoms with Crippen molar-refractivity contribution in [3.8, 4) is 45.5 Å². The molecule has 4 aromatic rings. The first-order valence-electron chi connectivity index (χ1n) is 10.4. The minimum Gasteiger partial charge on any atom is -0.497 e. The van der Waals surface area contributed by atoms with Crippen molar-refractivity contribution in [3.63, 3.8) is 0 Å². The zero-order valence-corrected chi connectivity index (χ0v) is 18.7. The molecule has 2 aromatic carbocycles. The number of hydrogen-bond donors (Lipinski definition) is 1. The Morgan fingerprint density at radius 1 is 1.12 bits per heavy atom. The molecule has 0 aliphatic carbocycles. The number of aryl methyl sites for hydroxylation is 1. The third-order valence-corrected chi connectivity index (χ3v) is 5.20. The average molecular weight is 438 g/mol. The number of benzene rings is 2. The molecule has 0 saturated carbocycles. The fraction of sp³-hybridized carbons (Fsp3) is 0.154. The molecular weight excluding hydrogens is 414 g/mol. The van der Waals surface area contributed by atoms with E-state index in [2.05, 4.69) is 21.5 Å². The van der Waals surface area contributed by atoms with Crippen LogP contribution in [0.4, 0.5) is 5.69 Å². The van der Waals surface area contributed by atoms with E-state index in [1.54, 1.807) is 24.2 Å². The summed E-state index contributed by atoms with van der Waals surface area (Å²) in [5.41, 5.74) is 6.78. The normalized spacial score (nSPS) is 10.5. The number of para-hydroxylation sites is 1. The second-order valence-electron chi connectivity index (χ2n) is 7.62. The Morgan fingerprint density at radius 3 is 2.70 bits per heavy atom. The van der Waals surface area contributed by atoms with Gasteiger partial charge in [-0.3, -0.25) is 14.5 Å². The summed E-state index contributed by atoms with van der Waals surface area (Å²) in [5, 5.41) is 16.7. The van der Waals surface area contributed by atoms with Gasteiger partial charge in [0.1, 0.15) is 12.3 Å². The quantitative estimate of drug-likeness (QED) is 0.454. The zero-order chi connectivity index (χ0) is 23.4. The standard InChI is InChI=1S/C26H23N5O2/c1-17-12-20(14-21(13-17)33-3)26-23(16-29-31(26)11-9-27)19-8-10-28-25(15-19)22-6-4-5-7-24(22)30-18(2)32/h4-8,10,12-16H,11H2,1-3H3,(H,30,32). The van der Waals surface area contributed by atoms with E-state index >= 15 is 0 Å². The Morgan fingerprint density at radius 2 is 1.94 bits per heavy atom. The van der Waals surface area contributed by atoms with E-state index in [-0.39, 0.29) is 12.5 Å². The average Bonchev–Trinajstić information content (AvgIpc) is 3.23. The highest BCUT2D eigenvalue weighted by molar-refractivity contribution is 5.94. The van der Waals surface area contributed by atoms with E-state index in [4.69, 9.17) is 4.74 Å². The summed E-state index contributed by atoms with van der Waals surface area (Å²) in [6.07, 6.45) is 3.50. The van der Waals surface area contributed by atoms with Gasteiger partial charge in [-0.25, -0.2) is 0 Å². The van der Waals surface area contributed by atoms with Crippen LogP contribution in [-0.4, -0.2) is 27.8 Å². The molecule has 0 aliphatic heterocycles. The molecule has 0 bridgehead atoms. The summed E-state index contributed by atoms with van der Waals surface area (Å²) < 4.78 is 7.15. The van der Waals surface area contributed by atoms with Crippen LogP contribution in [-0.2, 0) is 11.3 Å². The van der Waals surface area contributed by atoms with Gasteiger partial charge >= 0.3 is 0 Å². The number of amides is 1. The fourth-order valence-corrected chi connectivity index (χ4v) is 3.84. The number of rotatable bonds is 6. The van der Waals surface area contributed by atoms with Gasteiger partial charge < -0.3 is 10.1 Å². The Balaban J connectivity index is 1.87. The van der Waals surface area contributed by atoms with Crippen molar-refractivity contribution < 1.29 is 9.53 Å². The second kappa shape index (κ2) is 9.37. The molecule has 0 saturated heterocycles. The van der Waals surface area contributed by atoms with Crippen LogP contribution in [0, 0.1) is 18.3 Å². The molecule has 1 N–H and O–H groups in total. The maximum atomic E-state index is 11.7. The Kier molecular flexibility index (Phi) is 6.18. The van der Waals surface area contributed by atoms with Crippen LogP contribution in [0.2, 0.25) is 0 Å². The predicted octanol–water partition coefficient (Wildman–Crippen LogP) is 5.08. The van der Waals surface area contributed by atoms with E-state index < -0.39 is 0 Å². The predicted molar refractivity (Wildman–Crippen MR) is 128 cm³/mol. The van der Waals surface area contributed by atoms with Gasteiger partial charge in [0.25, 0.3) is 0 Å². The van der Waals surface area contributed by atoms with Crippen LogP contribution >= 0.6 is 0 Å². The molecule has 2 heterocycles. The molecule has 7 nitrogen and oxygen atoms in total. The van der Waals surface area contributed by atoms with Gasteiger partial charge in [0.15, 0.2) is 0 Å². The van der Waals surface area contributed by atoms with Crippen molar-refractivity contribution in [2.75, 3.05) is 12.4 Å². The number of methoxy groups -OCH3 is 1. The van der Waals surface area contributed by atoms with Gasteiger partial charge in [-0.15, -0.1) is 0 Å². The van der Waals surface area contributed by atoms with Crippen molar-refractivity contribution in [1.82, 2.24) is 14.8 Å². The number of carbonyl (C=O) groups excluding carboxylic acids is 1. The second-order valence-corrected chi connectivity index (χ2v) is 7.62. The third kappa shape index (κ3) is 4.60. The maximum absolute atomic E-state index is 11.7. The number of hydrogen-bond acceptors (Lipinski definition) is 5. The van der Waals surface area contributed by atoms with Crippen LogP contribution in [0.3, 0.4) is 0 Å². The highest BCUT2D eigenvalue weighted by atomic mass is 16.5. The smallest absolute Gasteiger partial charge is 0.221 e. The summed E-state index contributed by atoms with van der Waals surface area (Å²) >= 11 is 0. The molecule has 0 unspecified atom stereocenters. The van der Waals surface area contributed by atoms with Gasteiger partial charge in [-0.2, -0.15) is 10.4 Å². The molecule has 7 heteroatoms. The number of anilines is 1. The number of nitrogens with zero attached hydrogens (tertiary/aromatic N) is 4. The summed E-state index contributed by atoms with van der Waals surface area (Å²) in [6.45, 7) is 3.60. The molecule has 2 aromatic heterocycles. The molecular formula is C26H23N5O2. The lowest BCUT2D eigenvalue weighted by atomic mass is 9.98.